The van der Waals surface area contributed by atoms with Crippen LogP contribution in [0.3, 0.4) is 0 Å². The Hall–Kier alpha value is -3.15. The van der Waals surface area contributed by atoms with Crippen LogP contribution in [0.2, 0.25) is 0 Å². The summed E-state index contributed by atoms with van der Waals surface area (Å²) < 4.78 is 33.0. The van der Waals surface area contributed by atoms with Crippen molar-refractivity contribution in [2.45, 2.75) is 17.4 Å². The zero-order chi connectivity index (χ0) is 24.4. The number of nitrogens with zero attached hydrogens (tertiary/aromatic N) is 4. The smallest absolute Gasteiger partial charge is 0.263 e. The van der Waals surface area contributed by atoms with Gasteiger partial charge in [0.1, 0.15) is 5.75 Å². The van der Waals surface area contributed by atoms with Crippen molar-refractivity contribution in [1.29, 1.82) is 0 Å². The number of hydrogen-bond acceptors (Lipinski definition) is 8. The monoisotopic (exact) mass is 513 g/mol. The topological polar surface area (TPSA) is 95.1 Å². The minimum atomic E-state index is -3.72. The molecule has 9 nitrogen and oxygen atoms in total. The molecule has 0 radical (unpaired) electrons. The number of nitrogens with one attached hydrogen (secondary N) is 1. The van der Waals surface area contributed by atoms with Crippen LogP contribution in [0, 0.1) is 0 Å². The minimum absolute atomic E-state index is 0.0661. The molecular weight excluding hydrogens is 486 g/mol. The molecule has 2 fully saturated rings. The lowest BCUT2D eigenvalue weighted by Crippen LogP contribution is -2.52. The van der Waals surface area contributed by atoms with E-state index in [-0.39, 0.29) is 16.8 Å². The fourth-order valence-electron chi connectivity index (χ4n) is 4.61. The van der Waals surface area contributed by atoms with E-state index in [1.165, 1.54) is 23.5 Å². The molecule has 0 saturated carbocycles. The molecule has 1 atom stereocenters. The van der Waals surface area contributed by atoms with Crippen LogP contribution in [-0.4, -0.2) is 70.1 Å². The Morgan fingerprint density at radius 1 is 1.03 bits per heavy atom. The van der Waals surface area contributed by atoms with E-state index in [1.54, 1.807) is 35.7 Å². The number of aromatic nitrogens is 1. The van der Waals surface area contributed by atoms with E-state index in [0.29, 0.717) is 17.4 Å². The number of piperazine rings is 1. The van der Waals surface area contributed by atoms with Crippen molar-refractivity contribution in [2.75, 3.05) is 54.4 Å². The quantitative estimate of drug-likeness (QED) is 0.519. The van der Waals surface area contributed by atoms with Gasteiger partial charge in [-0.15, -0.1) is 11.3 Å². The number of methoxy groups -OCH3 is 1. The standard InChI is InChI=1S/C24H27N5O4S2/c1-33-20-4-2-3-19(17-20)27-12-14-28(15-13-27)22-9-11-29(23(22)30)18-5-7-21(8-6-18)35(31,32)26-24-25-10-16-34-24/h2-8,10,16-17,22H,9,11-15H2,1H3,(H,25,26)/t22-/m0/s1. The van der Waals surface area contributed by atoms with Crippen molar-refractivity contribution in [2.24, 2.45) is 0 Å². The fourth-order valence-corrected chi connectivity index (χ4v) is 6.40. The Balaban J connectivity index is 1.20. The Kier molecular flexibility index (Phi) is 6.63. The van der Waals surface area contributed by atoms with Gasteiger partial charge in [0.2, 0.25) is 5.91 Å². The molecular formula is C24H27N5O4S2. The number of thiazole rings is 1. The number of anilines is 3. The molecule has 2 aliphatic rings. The Morgan fingerprint density at radius 2 is 1.80 bits per heavy atom. The van der Waals surface area contributed by atoms with Crippen LogP contribution in [0.25, 0.3) is 0 Å². The molecule has 184 valence electrons. The van der Waals surface area contributed by atoms with Crippen LogP contribution in [-0.2, 0) is 14.8 Å². The summed E-state index contributed by atoms with van der Waals surface area (Å²) in [5, 5.41) is 2.02. The van der Waals surface area contributed by atoms with Crippen LogP contribution in [0.1, 0.15) is 6.42 Å². The zero-order valence-electron chi connectivity index (χ0n) is 19.3. The number of benzene rings is 2. The van der Waals surface area contributed by atoms with Gasteiger partial charge in [-0.05, 0) is 42.8 Å². The number of hydrogen-bond donors (Lipinski definition) is 1. The van der Waals surface area contributed by atoms with E-state index in [2.05, 4.69) is 25.6 Å². The predicted molar refractivity (Wildman–Crippen MR) is 137 cm³/mol. The van der Waals surface area contributed by atoms with Crippen molar-refractivity contribution in [3.05, 3.63) is 60.1 Å². The molecule has 0 unspecified atom stereocenters. The van der Waals surface area contributed by atoms with E-state index in [4.69, 9.17) is 4.74 Å². The third kappa shape index (κ3) is 4.97. The lowest BCUT2D eigenvalue weighted by Gasteiger charge is -2.38. The predicted octanol–water partition coefficient (Wildman–Crippen LogP) is 2.88. The lowest BCUT2D eigenvalue weighted by atomic mass is 10.1. The van der Waals surface area contributed by atoms with E-state index >= 15 is 0 Å². The summed E-state index contributed by atoms with van der Waals surface area (Å²) in [4.78, 5) is 23.7. The molecule has 2 saturated heterocycles. The van der Waals surface area contributed by atoms with Crippen LogP contribution in [0.15, 0.2) is 65.0 Å². The van der Waals surface area contributed by atoms with Crippen molar-refractivity contribution in [1.82, 2.24) is 9.88 Å². The van der Waals surface area contributed by atoms with E-state index in [1.807, 2.05) is 18.2 Å². The molecule has 0 aliphatic carbocycles. The van der Waals surface area contributed by atoms with Crippen LogP contribution >= 0.6 is 11.3 Å². The summed E-state index contributed by atoms with van der Waals surface area (Å²) in [5.41, 5.74) is 1.84. The van der Waals surface area contributed by atoms with Gasteiger partial charge in [0.05, 0.1) is 18.0 Å². The molecule has 3 heterocycles. The molecule has 5 rings (SSSR count). The Labute approximate surface area is 209 Å². The summed E-state index contributed by atoms with van der Waals surface area (Å²) in [6.07, 6.45) is 2.29. The first-order valence-electron chi connectivity index (χ1n) is 11.4. The number of ether oxygens (including phenoxy) is 1. The highest BCUT2D eigenvalue weighted by Crippen LogP contribution is 2.28. The van der Waals surface area contributed by atoms with Gasteiger partial charge in [-0.25, -0.2) is 13.4 Å². The van der Waals surface area contributed by atoms with Gasteiger partial charge in [0.15, 0.2) is 5.13 Å². The second-order valence-electron chi connectivity index (χ2n) is 8.46. The highest BCUT2D eigenvalue weighted by atomic mass is 32.2. The fraction of sp³-hybridized carbons (Fsp3) is 0.333. The molecule has 3 aromatic rings. The third-order valence-electron chi connectivity index (χ3n) is 6.46. The number of carbonyl (C=O) groups excluding carboxylic acids is 1. The lowest BCUT2D eigenvalue weighted by molar-refractivity contribution is -0.121. The molecule has 0 spiro atoms. The summed E-state index contributed by atoms with van der Waals surface area (Å²) in [6, 6.07) is 14.3. The van der Waals surface area contributed by atoms with Crippen LogP contribution < -0.4 is 19.3 Å². The molecule has 2 aromatic carbocycles. The maximum atomic E-state index is 13.3. The molecule has 1 N–H and O–H groups in total. The van der Waals surface area contributed by atoms with E-state index < -0.39 is 10.0 Å². The van der Waals surface area contributed by atoms with Crippen molar-refractivity contribution >= 4 is 43.8 Å². The maximum absolute atomic E-state index is 13.3. The molecule has 35 heavy (non-hydrogen) atoms. The van der Waals surface area contributed by atoms with Gasteiger partial charge >= 0.3 is 0 Å². The second kappa shape index (κ2) is 9.84. The first kappa shape index (κ1) is 23.6. The van der Waals surface area contributed by atoms with E-state index in [0.717, 1.165) is 44.0 Å². The summed E-state index contributed by atoms with van der Waals surface area (Å²) >= 11 is 1.21. The summed E-state index contributed by atoms with van der Waals surface area (Å²) in [5.74, 6) is 0.903. The first-order valence-corrected chi connectivity index (χ1v) is 13.8. The number of rotatable bonds is 7. The molecule has 1 amide bonds. The SMILES string of the molecule is COc1cccc(N2CCN([C@H]3CCN(c4ccc(S(=O)(=O)Nc5nccs5)cc4)C3=O)CC2)c1. The molecule has 2 aliphatic heterocycles. The van der Waals surface area contributed by atoms with Gasteiger partial charge in [-0.3, -0.25) is 14.4 Å². The van der Waals surface area contributed by atoms with Crippen LogP contribution in [0.4, 0.5) is 16.5 Å². The van der Waals surface area contributed by atoms with Crippen LogP contribution in [0.5, 0.6) is 5.75 Å². The summed E-state index contributed by atoms with van der Waals surface area (Å²) in [7, 11) is -2.06. The largest absolute Gasteiger partial charge is 0.497 e. The normalized spacial score (nSPS) is 19.2. The van der Waals surface area contributed by atoms with Gasteiger partial charge in [0, 0.05) is 61.7 Å². The first-order chi connectivity index (χ1) is 16.9. The molecule has 11 heteroatoms. The second-order valence-corrected chi connectivity index (χ2v) is 11.0. The Bertz CT molecular complexity index is 1270. The molecule has 0 bridgehead atoms. The highest BCUT2D eigenvalue weighted by molar-refractivity contribution is 7.93. The molecule has 1 aromatic heterocycles. The van der Waals surface area contributed by atoms with Gasteiger partial charge in [-0.2, -0.15) is 0 Å². The average molecular weight is 514 g/mol. The minimum Gasteiger partial charge on any atom is -0.497 e. The average Bonchev–Trinajstić information content (AvgIpc) is 3.53. The van der Waals surface area contributed by atoms with Gasteiger partial charge in [0.25, 0.3) is 10.0 Å². The zero-order valence-corrected chi connectivity index (χ0v) is 21.0. The van der Waals surface area contributed by atoms with Crippen molar-refractivity contribution < 1.29 is 17.9 Å². The van der Waals surface area contributed by atoms with E-state index in [9.17, 15) is 13.2 Å². The summed E-state index contributed by atoms with van der Waals surface area (Å²) in [6.45, 7) is 3.91. The third-order valence-corrected chi connectivity index (χ3v) is 8.64. The van der Waals surface area contributed by atoms with Gasteiger partial charge in [-0.1, -0.05) is 6.07 Å². The highest BCUT2D eigenvalue weighted by Gasteiger charge is 2.38. The van der Waals surface area contributed by atoms with Crippen molar-refractivity contribution in [3.63, 3.8) is 0 Å². The van der Waals surface area contributed by atoms with Crippen molar-refractivity contribution in [3.8, 4) is 5.75 Å². The number of carbonyl (C=O) groups is 1. The number of sulfonamides is 1. The van der Waals surface area contributed by atoms with Gasteiger partial charge < -0.3 is 14.5 Å². The number of amides is 1. The maximum Gasteiger partial charge on any atom is 0.263 e. The Morgan fingerprint density at radius 3 is 2.49 bits per heavy atom.